The molecule has 6 heteroatoms. The molecule has 0 spiro atoms. The van der Waals surface area contributed by atoms with Crippen LogP contribution in [0.4, 0.5) is 0 Å². The van der Waals surface area contributed by atoms with Gasteiger partial charge in [-0.15, -0.1) is 0 Å². The highest BCUT2D eigenvalue weighted by molar-refractivity contribution is 5.79. The lowest BCUT2D eigenvalue weighted by Gasteiger charge is -2.25. The van der Waals surface area contributed by atoms with Crippen LogP contribution in [0, 0.1) is 5.92 Å². The molecule has 1 aliphatic carbocycles. The number of hydrogen-bond acceptors (Lipinski definition) is 4. The number of ether oxygens (including phenoxy) is 2. The molecule has 0 heterocycles. The Bertz CT molecular complexity index is 612. The van der Waals surface area contributed by atoms with E-state index in [1.165, 1.54) is 18.4 Å². The topological polar surface area (TPSA) is 49.3 Å². The van der Waals surface area contributed by atoms with Gasteiger partial charge in [-0.3, -0.25) is 4.99 Å². The molecule has 1 fully saturated rings. The van der Waals surface area contributed by atoms with E-state index in [2.05, 4.69) is 49.2 Å². The molecule has 27 heavy (non-hydrogen) atoms. The number of methoxy groups -OCH3 is 2. The molecule has 6 nitrogen and oxygen atoms in total. The van der Waals surface area contributed by atoms with Crippen molar-refractivity contribution in [3.8, 4) is 11.5 Å². The first-order chi connectivity index (χ1) is 13.0. The van der Waals surface area contributed by atoms with Gasteiger partial charge in [-0.25, -0.2) is 0 Å². The molecule has 2 rings (SSSR count). The molecule has 1 N–H and O–H groups in total. The molecule has 1 unspecified atom stereocenters. The van der Waals surface area contributed by atoms with Crippen LogP contribution in [0.25, 0.3) is 0 Å². The van der Waals surface area contributed by atoms with Crippen molar-refractivity contribution in [3.05, 3.63) is 23.8 Å². The Morgan fingerprint density at radius 1 is 1.19 bits per heavy atom. The first kappa shape index (κ1) is 21.4. The van der Waals surface area contributed by atoms with Crippen LogP contribution >= 0.6 is 0 Å². The summed E-state index contributed by atoms with van der Waals surface area (Å²) < 4.78 is 10.7. The lowest BCUT2D eigenvalue weighted by atomic mass is 10.1. The summed E-state index contributed by atoms with van der Waals surface area (Å²) in [6.45, 7) is 4.72. The highest BCUT2D eigenvalue weighted by Gasteiger charge is 2.32. The summed E-state index contributed by atoms with van der Waals surface area (Å²) in [6, 6.07) is 6.64. The SMILES string of the molecule is CCNC(=NCC(C1CC1)N(C)C)N(C)CCc1ccc(OC)c(OC)c1. The maximum Gasteiger partial charge on any atom is 0.193 e. The van der Waals surface area contributed by atoms with Crippen LogP contribution < -0.4 is 14.8 Å². The molecule has 1 atom stereocenters. The van der Waals surface area contributed by atoms with Crippen LogP contribution in [0.3, 0.4) is 0 Å². The first-order valence-electron chi connectivity index (χ1n) is 9.86. The Balaban J connectivity index is 1.97. The molecule has 1 aromatic carbocycles. The lowest BCUT2D eigenvalue weighted by Crippen LogP contribution is -2.41. The van der Waals surface area contributed by atoms with Gasteiger partial charge in [0, 0.05) is 26.2 Å². The van der Waals surface area contributed by atoms with E-state index in [0.29, 0.717) is 6.04 Å². The van der Waals surface area contributed by atoms with Crippen molar-refractivity contribution in [3.63, 3.8) is 0 Å². The van der Waals surface area contributed by atoms with E-state index in [1.54, 1.807) is 14.2 Å². The molecule has 0 radical (unpaired) electrons. The smallest absolute Gasteiger partial charge is 0.193 e. The Morgan fingerprint density at radius 3 is 2.44 bits per heavy atom. The summed E-state index contributed by atoms with van der Waals surface area (Å²) in [5.74, 6) is 3.32. The largest absolute Gasteiger partial charge is 0.493 e. The first-order valence-corrected chi connectivity index (χ1v) is 9.86. The third-order valence-electron chi connectivity index (χ3n) is 5.14. The standard InChI is InChI=1S/C21H36N4O2/c1-7-22-21(23-15-18(24(2)3)17-9-10-17)25(4)13-12-16-8-11-19(26-5)20(14-16)27-6/h8,11,14,17-18H,7,9-10,12-13,15H2,1-6H3,(H,22,23). The molecule has 1 saturated carbocycles. The number of benzene rings is 1. The number of aliphatic imine (C=N–C) groups is 1. The molecular formula is C21H36N4O2. The number of guanidine groups is 1. The number of nitrogens with zero attached hydrogens (tertiary/aromatic N) is 3. The van der Waals surface area contributed by atoms with Gasteiger partial charge in [0.25, 0.3) is 0 Å². The van der Waals surface area contributed by atoms with Gasteiger partial charge in [-0.2, -0.15) is 0 Å². The highest BCUT2D eigenvalue weighted by atomic mass is 16.5. The minimum Gasteiger partial charge on any atom is -0.493 e. The predicted octanol–water partition coefficient (Wildman–Crippen LogP) is 2.48. The Hall–Kier alpha value is -1.95. The van der Waals surface area contributed by atoms with Crippen LogP contribution in [0.5, 0.6) is 11.5 Å². The number of rotatable bonds is 10. The van der Waals surface area contributed by atoms with Crippen LogP contribution in [-0.4, -0.2) is 76.8 Å². The van der Waals surface area contributed by atoms with E-state index in [1.807, 2.05) is 12.1 Å². The summed E-state index contributed by atoms with van der Waals surface area (Å²) in [6.07, 6.45) is 3.59. The second-order valence-corrected chi connectivity index (χ2v) is 7.42. The molecule has 0 amide bonds. The zero-order valence-corrected chi connectivity index (χ0v) is 17.8. The average Bonchev–Trinajstić information content (AvgIpc) is 3.49. The fourth-order valence-electron chi connectivity index (χ4n) is 3.30. The highest BCUT2D eigenvalue weighted by Crippen LogP contribution is 2.34. The second kappa shape index (κ2) is 10.4. The minimum atomic E-state index is 0.540. The van der Waals surface area contributed by atoms with Crippen molar-refractivity contribution in [2.45, 2.75) is 32.2 Å². The van der Waals surface area contributed by atoms with Crippen molar-refractivity contribution in [1.82, 2.24) is 15.1 Å². The summed E-state index contributed by atoms with van der Waals surface area (Å²) in [7, 11) is 9.75. The molecule has 0 aromatic heterocycles. The third-order valence-corrected chi connectivity index (χ3v) is 5.14. The van der Waals surface area contributed by atoms with Crippen LogP contribution in [0.2, 0.25) is 0 Å². The van der Waals surface area contributed by atoms with E-state index < -0.39 is 0 Å². The Labute approximate surface area is 164 Å². The van der Waals surface area contributed by atoms with Gasteiger partial charge in [-0.05, 0) is 63.9 Å². The van der Waals surface area contributed by atoms with Crippen LogP contribution in [0.15, 0.2) is 23.2 Å². The fraction of sp³-hybridized carbons (Fsp3) is 0.667. The quantitative estimate of drug-likeness (QED) is 0.502. The van der Waals surface area contributed by atoms with Crippen LogP contribution in [-0.2, 0) is 6.42 Å². The monoisotopic (exact) mass is 376 g/mol. The number of hydrogen-bond donors (Lipinski definition) is 1. The molecule has 152 valence electrons. The number of likely N-dealkylation sites (N-methyl/N-ethyl adjacent to an activating group) is 2. The summed E-state index contributed by atoms with van der Waals surface area (Å²) in [4.78, 5) is 9.44. The van der Waals surface area contributed by atoms with E-state index in [9.17, 15) is 0 Å². The van der Waals surface area contributed by atoms with Gasteiger partial charge in [0.05, 0.1) is 20.8 Å². The van der Waals surface area contributed by atoms with Crippen molar-refractivity contribution < 1.29 is 9.47 Å². The molecule has 0 saturated heterocycles. The van der Waals surface area contributed by atoms with Gasteiger partial charge in [0.2, 0.25) is 0 Å². The van der Waals surface area contributed by atoms with Crippen molar-refractivity contribution in [2.24, 2.45) is 10.9 Å². The predicted molar refractivity (Wildman–Crippen MR) is 112 cm³/mol. The van der Waals surface area contributed by atoms with E-state index in [-0.39, 0.29) is 0 Å². The number of nitrogens with one attached hydrogen (secondary N) is 1. The van der Waals surface area contributed by atoms with E-state index in [0.717, 1.165) is 49.4 Å². The summed E-state index contributed by atoms with van der Waals surface area (Å²) in [5.41, 5.74) is 1.22. The fourth-order valence-corrected chi connectivity index (χ4v) is 3.30. The maximum absolute atomic E-state index is 5.41. The third kappa shape index (κ3) is 6.31. The average molecular weight is 377 g/mol. The molecular weight excluding hydrogens is 340 g/mol. The zero-order chi connectivity index (χ0) is 19.8. The summed E-state index contributed by atoms with van der Waals surface area (Å²) >= 11 is 0. The summed E-state index contributed by atoms with van der Waals surface area (Å²) in [5, 5.41) is 3.43. The van der Waals surface area contributed by atoms with E-state index >= 15 is 0 Å². The molecule has 1 aliphatic rings. The Morgan fingerprint density at radius 2 is 1.89 bits per heavy atom. The molecule has 1 aromatic rings. The van der Waals surface area contributed by atoms with Gasteiger partial charge in [-0.1, -0.05) is 6.07 Å². The van der Waals surface area contributed by atoms with Crippen LogP contribution in [0.1, 0.15) is 25.3 Å². The van der Waals surface area contributed by atoms with Crippen molar-refractivity contribution >= 4 is 5.96 Å². The Kier molecular flexibility index (Phi) is 8.23. The van der Waals surface area contributed by atoms with Gasteiger partial charge in [0.1, 0.15) is 0 Å². The van der Waals surface area contributed by atoms with Crippen molar-refractivity contribution in [1.29, 1.82) is 0 Å². The second-order valence-electron chi connectivity index (χ2n) is 7.42. The minimum absolute atomic E-state index is 0.540. The maximum atomic E-state index is 5.41. The van der Waals surface area contributed by atoms with Gasteiger partial charge < -0.3 is 24.6 Å². The zero-order valence-electron chi connectivity index (χ0n) is 17.8. The van der Waals surface area contributed by atoms with Crippen molar-refractivity contribution in [2.75, 3.05) is 55.0 Å². The molecule has 0 bridgehead atoms. The van der Waals surface area contributed by atoms with Gasteiger partial charge >= 0.3 is 0 Å². The van der Waals surface area contributed by atoms with E-state index in [4.69, 9.17) is 14.5 Å². The normalized spacial score (nSPS) is 15.6. The molecule has 0 aliphatic heterocycles. The lowest BCUT2D eigenvalue weighted by molar-refractivity contribution is 0.270. The van der Waals surface area contributed by atoms with Gasteiger partial charge in [0.15, 0.2) is 17.5 Å².